The van der Waals surface area contributed by atoms with Gasteiger partial charge >= 0.3 is 6.03 Å². The predicted molar refractivity (Wildman–Crippen MR) is 92.8 cm³/mol. The van der Waals surface area contributed by atoms with Crippen LogP contribution in [0.5, 0.6) is 0 Å². The quantitative estimate of drug-likeness (QED) is 0.846. The lowest BCUT2D eigenvalue weighted by Gasteiger charge is -2.21. The SMILES string of the molecule is CCNC(=O)N(CCOC)Cc1cc(-c2cc(C)ccc2C)on1. The highest BCUT2D eigenvalue weighted by Gasteiger charge is 2.16. The normalized spacial score (nSPS) is 10.7. The highest BCUT2D eigenvalue weighted by atomic mass is 16.5. The fourth-order valence-electron chi connectivity index (χ4n) is 2.43. The molecule has 1 heterocycles. The van der Waals surface area contributed by atoms with Gasteiger partial charge in [-0.3, -0.25) is 0 Å². The van der Waals surface area contributed by atoms with Gasteiger partial charge in [0.1, 0.15) is 5.69 Å². The van der Waals surface area contributed by atoms with Crippen LogP contribution in [-0.2, 0) is 11.3 Å². The first-order chi connectivity index (χ1) is 11.5. The maximum absolute atomic E-state index is 12.1. The molecular weight excluding hydrogens is 306 g/mol. The molecule has 0 fully saturated rings. The van der Waals surface area contributed by atoms with E-state index in [0.29, 0.717) is 37.7 Å². The lowest BCUT2D eigenvalue weighted by molar-refractivity contribution is 0.145. The summed E-state index contributed by atoms with van der Waals surface area (Å²) in [5, 5.41) is 6.92. The number of ether oxygens (including phenoxy) is 1. The lowest BCUT2D eigenvalue weighted by Crippen LogP contribution is -2.41. The van der Waals surface area contributed by atoms with Gasteiger partial charge in [0.15, 0.2) is 5.76 Å². The van der Waals surface area contributed by atoms with Gasteiger partial charge in [-0.2, -0.15) is 0 Å². The summed E-state index contributed by atoms with van der Waals surface area (Å²) < 4.78 is 10.6. The third kappa shape index (κ3) is 4.58. The Balaban J connectivity index is 2.15. The molecule has 1 N–H and O–H groups in total. The minimum Gasteiger partial charge on any atom is -0.383 e. The number of benzene rings is 1. The molecule has 1 aromatic carbocycles. The summed E-state index contributed by atoms with van der Waals surface area (Å²) in [5.41, 5.74) is 4.03. The molecular formula is C18H25N3O3. The van der Waals surface area contributed by atoms with E-state index in [1.165, 1.54) is 0 Å². The molecule has 24 heavy (non-hydrogen) atoms. The summed E-state index contributed by atoms with van der Waals surface area (Å²) in [6.07, 6.45) is 0. The van der Waals surface area contributed by atoms with Crippen molar-refractivity contribution in [2.75, 3.05) is 26.8 Å². The van der Waals surface area contributed by atoms with E-state index in [0.717, 1.165) is 16.7 Å². The van der Waals surface area contributed by atoms with Crippen molar-refractivity contribution in [1.29, 1.82) is 0 Å². The van der Waals surface area contributed by atoms with Crippen molar-refractivity contribution in [3.05, 3.63) is 41.1 Å². The van der Waals surface area contributed by atoms with Crippen molar-refractivity contribution in [2.24, 2.45) is 0 Å². The number of carbonyl (C=O) groups excluding carboxylic acids is 1. The second-order valence-electron chi connectivity index (χ2n) is 5.75. The Hall–Kier alpha value is -2.34. The molecule has 0 radical (unpaired) electrons. The van der Waals surface area contributed by atoms with Crippen LogP contribution in [0.2, 0.25) is 0 Å². The van der Waals surface area contributed by atoms with Crippen LogP contribution in [0.15, 0.2) is 28.8 Å². The van der Waals surface area contributed by atoms with E-state index in [2.05, 4.69) is 28.7 Å². The number of hydrogen-bond donors (Lipinski definition) is 1. The van der Waals surface area contributed by atoms with Crippen LogP contribution < -0.4 is 5.32 Å². The summed E-state index contributed by atoms with van der Waals surface area (Å²) in [6.45, 7) is 7.89. The Morgan fingerprint density at radius 3 is 2.83 bits per heavy atom. The molecule has 6 nitrogen and oxygen atoms in total. The molecule has 130 valence electrons. The molecule has 0 bridgehead atoms. The number of aromatic nitrogens is 1. The van der Waals surface area contributed by atoms with Gasteiger partial charge in [-0.1, -0.05) is 22.9 Å². The maximum atomic E-state index is 12.1. The number of urea groups is 1. The van der Waals surface area contributed by atoms with E-state index >= 15 is 0 Å². The first kappa shape index (κ1) is 18.0. The molecule has 0 aliphatic carbocycles. The molecule has 0 saturated heterocycles. The molecule has 2 amide bonds. The van der Waals surface area contributed by atoms with Crippen LogP contribution in [0, 0.1) is 13.8 Å². The Bertz CT molecular complexity index is 682. The average molecular weight is 331 g/mol. The molecule has 0 unspecified atom stereocenters. The third-order valence-corrected chi connectivity index (χ3v) is 3.75. The number of rotatable bonds is 7. The van der Waals surface area contributed by atoms with Gasteiger partial charge < -0.3 is 19.5 Å². The number of nitrogens with one attached hydrogen (secondary N) is 1. The minimum atomic E-state index is -0.133. The Kier molecular flexibility index (Phi) is 6.37. The average Bonchev–Trinajstić information content (AvgIpc) is 3.02. The van der Waals surface area contributed by atoms with Gasteiger partial charge in [-0.05, 0) is 32.4 Å². The van der Waals surface area contributed by atoms with Crippen molar-refractivity contribution >= 4 is 6.03 Å². The summed E-state index contributed by atoms with van der Waals surface area (Å²) >= 11 is 0. The van der Waals surface area contributed by atoms with Crippen molar-refractivity contribution in [3.8, 4) is 11.3 Å². The highest BCUT2D eigenvalue weighted by molar-refractivity contribution is 5.74. The van der Waals surface area contributed by atoms with Gasteiger partial charge in [-0.15, -0.1) is 0 Å². The van der Waals surface area contributed by atoms with Crippen LogP contribution in [0.3, 0.4) is 0 Å². The van der Waals surface area contributed by atoms with Crippen LogP contribution in [0.25, 0.3) is 11.3 Å². The van der Waals surface area contributed by atoms with Gasteiger partial charge in [0.05, 0.1) is 13.2 Å². The summed E-state index contributed by atoms with van der Waals surface area (Å²) in [6, 6.07) is 7.96. The fraction of sp³-hybridized carbons (Fsp3) is 0.444. The second kappa shape index (κ2) is 8.49. The maximum Gasteiger partial charge on any atom is 0.317 e. The molecule has 0 saturated carbocycles. The second-order valence-corrected chi connectivity index (χ2v) is 5.75. The number of aryl methyl sites for hydroxylation is 2. The fourth-order valence-corrected chi connectivity index (χ4v) is 2.43. The van der Waals surface area contributed by atoms with Crippen LogP contribution >= 0.6 is 0 Å². The number of nitrogens with zero attached hydrogens (tertiary/aromatic N) is 2. The monoisotopic (exact) mass is 331 g/mol. The van der Waals surface area contributed by atoms with E-state index in [1.807, 2.05) is 26.8 Å². The molecule has 2 rings (SSSR count). The van der Waals surface area contributed by atoms with E-state index in [-0.39, 0.29) is 6.03 Å². The zero-order chi connectivity index (χ0) is 17.5. The third-order valence-electron chi connectivity index (χ3n) is 3.75. The molecule has 6 heteroatoms. The number of amides is 2. The van der Waals surface area contributed by atoms with E-state index < -0.39 is 0 Å². The van der Waals surface area contributed by atoms with E-state index in [1.54, 1.807) is 12.0 Å². The van der Waals surface area contributed by atoms with Gasteiger partial charge in [0.2, 0.25) is 0 Å². The van der Waals surface area contributed by atoms with Crippen LogP contribution in [-0.4, -0.2) is 42.9 Å². The summed E-state index contributed by atoms with van der Waals surface area (Å²) in [4.78, 5) is 13.8. The summed E-state index contributed by atoms with van der Waals surface area (Å²) in [5.74, 6) is 0.716. The molecule has 1 aromatic heterocycles. The standard InChI is InChI=1S/C18H25N3O3/c1-5-19-18(22)21(8-9-23-4)12-15-11-17(24-20-15)16-10-13(2)6-7-14(16)3/h6-7,10-11H,5,8-9,12H2,1-4H3,(H,19,22). The van der Waals surface area contributed by atoms with Crippen molar-refractivity contribution in [2.45, 2.75) is 27.3 Å². The van der Waals surface area contributed by atoms with Crippen LogP contribution in [0.4, 0.5) is 4.79 Å². The van der Waals surface area contributed by atoms with Crippen LogP contribution in [0.1, 0.15) is 23.7 Å². The predicted octanol–water partition coefficient (Wildman–Crippen LogP) is 3.14. The van der Waals surface area contributed by atoms with Crippen molar-refractivity contribution in [3.63, 3.8) is 0 Å². The Labute approximate surface area is 142 Å². The van der Waals surface area contributed by atoms with Gasteiger partial charge in [0, 0.05) is 31.8 Å². The minimum absolute atomic E-state index is 0.133. The van der Waals surface area contributed by atoms with E-state index in [4.69, 9.17) is 9.26 Å². The molecule has 0 spiro atoms. The first-order valence-corrected chi connectivity index (χ1v) is 8.10. The number of hydrogen-bond acceptors (Lipinski definition) is 4. The van der Waals surface area contributed by atoms with Crippen molar-refractivity contribution in [1.82, 2.24) is 15.4 Å². The van der Waals surface area contributed by atoms with E-state index in [9.17, 15) is 4.79 Å². The number of carbonyl (C=O) groups is 1. The zero-order valence-electron chi connectivity index (χ0n) is 14.8. The Morgan fingerprint density at radius 1 is 1.33 bits per heavy atom. The lowest BCUT2D eigenvalue weighted by atomic mass is 10.0. The smallest absolute Gasteiger partial charge is 0.317 e. The zero-order valence-corrected chi connectivity index (χ0v) is 14.8. The Morgan fingerprint density at radius 2 is 2.12 bits per heavy atom. The molecule has 0 aliphatic heterocycles. The summed E-state index contributed by atoms with van der Waals surface area (Å²) in [7, 11) is 1.62. The van der Waals surface area contributed by atoms with Gasteiger partial charge in [-0.25, -0.2) is 4.79 Å². The van der Waals surface area contributed by atoms with Crippen molar-refractivity contribution < 1.29 is 14.1 Å². The largest absolute Gasteiger partial charge is 0.383 e. The first-order valence-electron chi connectivity index (χ1n) is 8.10. The molecule has 0 atom stereocenters. The van der Waals surface area contributed by atoms with Gasteiger partial charge in [0.25, 0.3) is 0 Å². The highest BCUT2D eigenvalue weighted by Crippen LogP contribution is 2.25. The molecule has 2 aromatic rings. The topological polar surface area (TPSA) is 67.6 Å². The number of methoxy groups -OCH3 is 1. The molecule has 0 aliphatic rings.